The first-order valence-corrected chi connectivity index (χ1v) is 9.78. The Bertz CT molecular complexity index is 972. The minimum absolute atomic E-state index is 0.0569. The molecule has 1 atom stereocenters. The van der Waals surface area contributed by atoms with Gasteiger partial charge in [-0.1, -0.05) is 38.3 Å². The highest BCUT2D eigenvalue weighted by Gasteiger charge is 2.47. The van der Waals surface area contributed by atoms with Gasteiger partial charge in [0.25, 0.3) is 5.69 Å². The van der Waals surface area contributed by atoms with Crippen molar-refractivity contribution in [3.05, 3.63) is 57.2 Å². The monoisotopic (exact) mass is 414 g/mol. The fourth-order valence-electron chi connectivity index (χ4n) is 3.80. The number of aliphatic imine (C=N–C) groups is 1. The van der Waals surface area contributed by atoms with Gasteiger partial charge in [-0.2, -0.15) is 0 Å². The lowest BCUT2D eigenvalue weighted by Crippen LogP contribution is -2.43. The molecule has 0 bridgehead atoms. The maximum absolute atomic E-state index is 12.6. The number of carboxylic acid groups (broad SMARTS) is 2. The molecule has 2 rings (SSSR count). The molecule has 0 aliphatic heterocycles. The summed E-state index contributed by atoms with van der Waals surface area (Å²) in [6.45, 7) is 7.22. The maximum atomic E-state index is 12.6. The molecular weight excluding hydrogens is 388 g/mol. The van der Waals surface area contributed by atoms with Crippen LogP contribution in [0.2, 0.25) is 0 Å². The third-order valence-corrected chi connectivity index (χ3v) is 5.52. The number of non-ortho nitro benzene ring substituents is 1. The molecule has 8 heteroatoms. The first-order chi connectivity index (χ1) is 14.0. The van der Waals surface area contributed by atoms with Crippen LogP contribution in [-0.4, -0.2) is 32.8 Å². The third kappa shape index (κ3) is 4.48. The molecule has 0 saturated heterocycles. The Balaban J connectivity index is 2.77. The summed E-state index contributed by atoms with van der Waals surface area (Å²) < 4.78 is 0. The van der Waals surface area contributed by atoms with Crippen LogP contribution >= 0.6 is 0 Å². The number of carboxylic acids is 2. The van der Waals surface area contributed by atoms with Gasteiger partial charge in [-0.3, -0.25) is 19.9 Å². The molecule has 30 heavy (non-hydrogen) atoms. The van der Waals surface area contributed by atoms with E-state index in [2.05, 4.69) is 4.99 Å². The van der Waals surface area contributed by atoms with Crippen LogP contribution in [0.4, 0.5) is 11.4 Å². The van der Waals surface area contributed by atoms with E-state index in [9.17, 15) is 29.9 Å². The first-order valence-electron chi connectivity index (χ1n) is 9.78. The average Bonchev–Trinajstić information content (AvgIpc) is 2.68. The summed E-state index contributed by atoms with van der Waals surface area (Å²) in [6.07, 6.45) is 4.68. The predicted octanol–water partition coefficient (Wildman–Crippen LogP) is 4.84. The zero-order chi connectivity index (χ0) is 22.6. The number of nitrogens with zero attached hydrogens (tertiary/aromatic N) is 2. The molecule has 1 unspecified atom stereocenters. The summed E-state index contributed by atoms with van der Waals surface area (Å²) in [6, 6.07) is 4.01. The molecule has 1 aliphatic carbocycles. The van der Waals surface area contributed by atoms with E-state index >= 15 is 0 Å². The Labute approximate surface area is 174 Å². The van der Waals surface area contributed by atoms with E-state index in [1.54, 1.807) is 19.9 Å². The molecule has 0 amide bonds. The molecule has 0 saturated carbocycles. The molecule has 8 nitrogen and oxygen atoms in total. The minimum Gasteiger partial charge on any atom is -0.480 e. The van der Waals surface area contributed by atoms with Crippen LogP contribution < -0.4 is 0 Å². The van der Waals surface area contributed by atoms with Crippen molar-refractivity contribution >= 4 is 29.0 Å². The highest BCUT2D eigenvalue weighted by atomic mass is 16.6. The van der Waals surface area contributed by atoms with E-state index in [4.69, 9.17) is 0 Å². The highest BCUT2D eigenvalue weighted by molar-refractivity contribution is 6.29. The van der Waals surface area contributed by atoms with E-state index in [0.717, 1.165) is 12.8 Å². The van der Waals surface area contributed by atoms with Crippen LogP contribution in [-0.2, 0) is 9.59 Å². The first kappa shape index (κ1) is 23.0. The molecule has 0 radical (unpaired) electrons. The lowest BCUT2D eigenvalue weighted by Gasteiger charge is -2.34. The normalized spacial score (nSPS) is 20.1. The largest absolute Gasteiger partial charge is 0.480 e. The van der Waals surface area contributed by atoms with Gasteiger partial charge in [0, 0.05) is 12.1 Å². The SMILES string of the molecule is CCC(CC)CC1(C(=O)O)C=C(C)C=C(C(=O)O)C1=Nc1ccc([N+](=O)[O-])cc1C. The van der Waals surface area contributed by atoms with Crippen LogP contribution in [0.3, 0.4) is 0 Å². The molecule has 160 valence electrons. The number of hydrogen-bond acceptors (Lipinski definition) is 5. The Morgan fingerprint density at radius 2 is 1.83 bits per heavy atom. The van der Waals surface area contributed by atoms with E-state index < -0.39 is 22.3 Å². The molecule has 1 aromatic rings. The second-order valence-electron chi connectivity index (χ2n) is 7.60. The number of benzene rings is 1. The van der Waals surface area contributed by atoms with Crippen molar-refractivity contribution in [3.63, 3.8) is 0 Å². The molecule has 1 aromatic carbocycles. The van der Waals surface area contributed by atoms with Gasteiger partial charge < -0.3 is 10.2 Å². The number of carbonyl (C=O) groups is 2. The summed E-state index contributed by atoms with van der Waals surface area (Å²) in [5.74, 6) is -2.38. The van der Waals surface area contributed by atoms with Crippen LogP contribution in [0.25, 0.3) is 0 Å². The summed E-state index contributed by atoms with van der Waals surface area (Å²) in [5.41, 5.74) is -0.665. The molecule has 1 aliphatic rings. The van der Waals surface area contributed by atoms with Gasteiger partial charge in [0.1, 0.15) is 5.41 Å². The lowest BCUT2D eigenvalue weighted by atomic mass is 9.68. The summed E-state index contributed by atoms with van der Waals surface area (Å²) in [7, 11) is 0. The van der Waals surface area contributed by atoms with Crippen molar-refractivity contribution in [1.82, 2.24) is 0 Å². The fourth-order valence-corrected chi connectivity index (χ4v) is 3.80. The smallest absolute Gasteiger partial charge is 0.337 e. The number of rotatable bonds is 8. The highest BCUT2D eigenvalue weighted by Crippen LogP contribution is 2.41. The molecule has 0 fully saturated rings. The van der Waals surface area contributed by atoms with Gasteiger partial charge in [-0.15, -0.1) is 0 Å². The van der Waals surface area contributed by atoms with Crippen molar-refractivity contribution in [2.24, 2.45) is 16.3 Å². The number of allylic oxidation sites excluding steroid dienone is 2. The molecule has 0 aromatic heterocycles. The predicted molar refractivity (Wildman–Crippen MR) is 113 cm³/mol. The maximum Gasteiger partial charge on any atom is 0.337 e. The van der Waals surface area contributed by atoms with Gasteiger partial charge in [-0.05, 0) is 43.9 Å². The minimum atomic E-state index is -1.60. The Morgan fingerprint density at radius 3 is 2.30 bits per heavy atom. The molecule has 0 spiro atoms. The summed E-state index contributed by atoms with van der Waals surface area (Å²) >= 11 is 0. The van der Waals surface area contributed by atoms with Crippen LogP contribution in [0.15, 0.2) is 46.5 Å². The van der Waals surface area contributed by atoms with Gasteiger partial charge in [0.05, 0.1) is 21.9 Å². The topological polar surface area (TPSA) is 130 Å². The average molecular weight is 414 g/mol. The van der Waals surface area contributed by atoms with Gasteiger partial charge >= 0.3 is 11.9 Å². The number of aliphatic carboxylic acids is 2. The second kappa shape index (κ2) is 9.02. The third-order valence-electron chi connectivity index (χ3n) is 5.52. The van der Waals surface area contributed by atoms with Crippen LogP contribution in [0.5, 0.6) is 0 Å². The standard InChI is InChI=1S/C22H26N2O6/c1-5-15(6-2)12-22(21(27)28)11-13(3)9-17(20(25)26)19(22)23-18-8-7-16(24(29)30)10-14(18)4/h7-11,15H,5-6,12H2,1-4H3,(H,25,26)(H,27,28). The zero-order valence-electron chi connectivity index (χ0n) is 17.5. The van der Waals surface area contributed by atoms with Crippen molar-refractivity contribution in [2.45, 2.75) is 47.0 Å². The number of nitro benzene ring substituents is 1. The fraction of sp³-hybridized carbons (Fsp3) is 0.409. The second-order valence-corrected chi connectivity index (χ2v) is 7.60. The zero-order valence-corrected chi connectivity index (χ0v) is 17.5. The van der Waals surface area contributed by atoms with Gasteiger partial charge in [0.15, 0.2) is 0 Å². The Kier molecular flexibility index (Phi) is 6.92. The Morgan fingerprint density at radius 1 is 1.20 bits per heavy atom. The molecular formula is C22H26N2O6. The van der Waals surface area contributed by atoms with E-state index in [-0.39, 0.29) is 29.3 Å². The number of nitro groups is 1. The van der Waals surface area contributed by atoms with Crippen molar-refractivity contribution in [1.29, 1.82) is 0 Å². The summed E-state index contributed by atoms with van der Waals surface area (Å²) in [5, 5.41) is 31.0. The van der Waals surface area contributed by atoms with Crippen LogP contribution in [0.1, 0.15) is 45.6 Å². The molecule has 0 heterocycles. The number of hydrogen-bond donors (Lipinski definition) is 2. The van der Waals surface area contributed by atoms with Gasteiger partial charge in [0.2, 0.25) is 0 Å². The van der Waals surface area contributed by atoms with E-state index in [0.29, 0.717) is 16.8 Å². The van der Waals surface area contributed by atoms with Crippen molar-refractivity contribution in [2.75, 3.05) is 0 Å². The van der Waals surface area contributed by atoms with Crippen molar-refractivity contribution < 1.29 is 24.7 Å². The van der Waals surface area contributed by atoms with E-state index in [1.807, 2.05) is 13.8 Å². The molecule has 2 N–H and O–H groups in total. The Hall–Kier alpha value is -3.29. The van der Waals surface area contributed by atoms with Crippen molar-refractivity contribution in [3.8, 4) is 0 Å². The van der Waals surface area contributed by atoms with Crippen LogP contribution in [0, 0.1) is 28.4 Å². The van der Waals surface area contributed by atoms with E-state index in [1.165, 1.54) is 24.3 Å². The quantitative estimate of drug-likeness (QED) is 0.462. The van der Waals surface area contributed by atoms with Gasteiger partial charge in [-0.25, -0.2) is 4.79 Å². The number of aryl methyl sites for hydroxylation is 1. The lowest BCUT2D eigenvalue weighted by molar-refractivity contribution is -0.384. The summed E-state index contributed by atoms with van der Waals surface area (Å²) in [4.78, 5) is 39.5.